The number of anilines is 1. The molecule has 2 aromatic heterocycles. The van der Waals surface area contributed by atoms with E-state index >= 15 is 0 Å². The van der Waals surface area contributed by atoms with Gasteiger partial charge in [0.25, 0.3) is 0 Å². The summed E-state index contributed by atoms with van der Waals surface area (Å²) in [6, 6.07) is 15.1. The standard InChI is InChI=1S/C36H47ClN8O2/c1-4-33-30(34(42-28-11-15-47-16-12-28)31-22-41-45(5-2)35(31)43-33)21-40-36(46)39-20-25-9-10-32(37)29(18-25)27-8-6-7-26(17-27)23-44-14-13-38-19-24(44)3/h6-10,17-18,22,24,28,38H,4-5,11-16,19-21,23H2,1-3H3,(H,42,43)(H2,39,40,46)/t24-/m0/s1. The molecule has 2 fully saturated rings. The van der Waals surface area contributed by atoms with Gasteiger partial charge in [-0.25, -0.2) is 14.5 Å². The van der Waals surface area contributed by atoms with Crippen molar-refractivity contribution in [1.82, 2.24) is 35.6 Å². The minimum Gasteiger partial charge on any atom is -0.381 e. The Balaban J connectivity index is 1.14. The number of fused-ring (bicyclic) bond motifs is 1. The van der Waals surface area contributed by atoms with Gasteiger partial charge in [0, 0.05) is 93.0 Å². The second kappa shape index (κ2) is 15.5. The minimum atomic E-state index is -0.239. The van der Waals surface area contributed by atoms with Gasteiger partial charge in [0.2, 0.25) is 0 Å². The van der Waals surface area contributed by atoms with E-state index in [-0.39, 0.29) is 6.03 Å². The summed E-state index contributed by atoms with van der Waals surface area (Å²) < 4.78 is 7.52. The number of pyridine rings is 1. The van der Waals surface area contributed by atoms with Gasteiger partial charge in [-0.05, 0) is 68.0 Å². The third kappa shape index (κ3) is 7.89. The lowest BCUT2D eigenvalue weighted by atomic mass is 10.0. The number of urea groups is 1. The van der Waals surface area contributed by atoms with Gasteiger partial charge in [-0.1, -0.05) is 42.8 Å². The zero-order valence-electron chi connectivity index (χ0n) is 27.7. The smallest absolute Gasteiger partial charge is 0.315 e. The molecule has 1 atom stereocenters. The fourth-order valence-electron chi connectivity index (χ4n) is 6.61. The Kier molecular flexibility index (Phi) is 10.9. The number of nitrogens with one attached hydrogen (secondary N) is 4. The first-order chi connectivity index (χ1) is 22.9. The average molecular weight is 659 g/mol. The zero-order chi connectivity index (χ0) is 32.8. The van der Waals surface area contributed by atoms with Crippen LogP contribution in [0.3, 0.4) is 0 Å². The molecule has 2 aliphatic heterocycles. The Labute approximate surface area is 282 Å². The fraction of sp³-hybridized carbons (Fsp3) is 0.472. The van der Waals surface area contributed by atoms with Crippen molar-refractivity contribution >= 4 is 34.4 Å². The molecule has 0 radical (unpaired) electrons. The van der Waals surface area contributed by atoms with E-state index < -0.39 is 0 Å². The summed E-state index contributed by atoms with van der Waals surface area (Å²) >= 11 is 6.70. The van der Waals surface area contributed by atoms with Crippen LogP contribution in [0.1, 0.15) is 56.0 Å². The van der Waals surface area contributed by atoms with Crippen molar-refractivity contribution in [2.45, 2.75) is 78.3 Å². The predicted octanol–water partition coefficient (Wildman–Crippen LogP) is 5.72. The number of ether oxygens (including phenoxy) is 1. The monoisotopic (exact) mass is 658 g/mol. The Morgan fingerprint density at radius 2 is 1.91 bits per heavy atom. The number of halogens is 1. The molecule has 4 N–H and O–H groups in total. The van der Waals surface area contributed by atoms with Gasteiger partial charge < -0.3 is 26.0 Å². The van der Waals surface area contributed by atoms with E-state index in [4.69, 9.17) is 21.3 Å². The highest BCUT2D eigenvalue weighted by molar-refractivity contribution is 6.33. The number of rotatable bonds is 11. The molecule has 250 valence electrons. The maximum Gasteiger partial charge on any atom is 0.315 e. The summed E-state index contributed by atoms with van der Waals surface area (Å²) in [4.78, 5) is 20.7. The number of benzene rings is 2. The van der Waals surface area contributed by atoms with Gasteiger partial charge in [0.1, 0.15) is 0 Å². The van der Waals surface area contributed by atoms with Gasteiger partial charge in [0.15, 0.2) is 5.65 Å². The molecule has 0 aliphatic carbocycles. The molecule has 0 bridgehead atoms. The van der Waals surface area contributed by atoms with Crippen LogP contribution in [0.4, 0.5) is 10.5 Å². The van der Waals surface area contributed by atoms with Gasteiger partial charge in [-0.15, -0.1) is 0 Å². The number of carbonyl (C=O) groups is 1. The molecule has 2 saturated heterocycles. The number of hydrogen-bond donors (Lipinski definition) is 4. The summed E-state index contributed by atoms with van der Waals surface area (Å²) in [6.07, 6.45) is 4.50. The summed E-state index contributed by atoms with van der Waals surface area (Å²) in [5, 5.41) is 19.6. The summed E-state index contributed by atoms with van der Waals surface area (Å²) in [5.74, 6) is 0. The van der Waals surface area contributed by atoms with Crippen LogP contribution in [-0.2, 0) is 37.3 Å². The molecule has 0 unspecified atom stereocenters. The molecule has 4 aromatic rings. The largest absolute Gasteiger partial charge is 0.381 e. The first-order valence-corrected chi connectivity index (χ1v) is 17.4. The lowest BCUT2D eigenvalue weighted by Gasteiger charge is -2.34. The van der Waals surface area contributed by atoms with Gasteiger partial charge >= 0.3 is 6.03 Å². The highest BCUT2D eigenvalue weighted by Crippen LogP contribution is 2.32. The quantitative estimate of drug-likeness (QED) is 0.163. The van der Waals surface area contributed by atoms with E-state index in [0.717, 1.165) is 110 Å². The molecule has 4 heterocycles. The number of aromatic nitrogens is 3. The normalized spacial score (nSPS) is 17.6. The number of aryl methyl sites for hydroxylation is 2. The van der Waals surface area contributed by atoms with Crippen molar-refractivity contribution < 1.29 is 9.53 Å². The SMILES string of the molecule is CCc1nc2c(cnn2CC)c(NC2CCOCC2)c1CNC(=O)NCc1ccc(Cl)c(-c2cccc(CN3CCNC[C@@H]3C)c2)c1. The van der Waals surface area contributed by atoms with Crippen LogP contribution in [0.5, 0.6) is 0 Å². The number of nitrogens with zero attached hydrogens (tertiary/aromatic N) is 4. The lowest BCUT2D eigenvalue weighted by molar-refractivity contribution is 0.0904. The molecule has 2 aliphatic rings. The highest BCUT2D eigenvalue weighted by Gasteiger charge is 2.22. The Morgan fingerprint density at radius 3 is 2.70 bits per heavy atom. The fourth-order valence-corrected chi connectivity index (χ4v) is 6.83. The van der Waals surface area contributed by atoms with Crippen LogP contribution in [-0.4, -0.2) is 70.6 Å². The van der Waals surface area contributed by atoms with E-state index in [9.17, 15) is 4.79 Å². The summed E-state index contributed by atoms with van der Waals surface area (Å²) in [7, 11) is 0. The van der Waals surface area contributed by atoms with Crippen molar-refractivity contribution in [3.63, 3.8) is 0 Å². The van der Waals surface area contributed by atoms with Crippen LogP contribution in [0.2, 0.25) is 5.02 Å². The van der Waals surface area contributed by atoms with Gasteiger partial charge in [-0.2, -0.15) is 5.10 Å². The molecule has 47 heavy (non-hydrogen) atoms. The van der Waals surface area contributed by atoms with Crippen molar-refractivity contribution in [3.05, 3.63) is 76.1 Å². The summed E-state index contributed by atoms with van der Waals surface area (Å²) in [5.41, 5.74) is 8.12. The number of amides is 2. The first kappa shape index (κ1) is 33.2. The minimum absolute atomic E-state index is 0.239. The van der Waals surface area contributed by atoms with Crippen molar-refractivity contribution in [1.29, 1.82) is 0 Å². The topological polar surface area (TPSA) is 108 Å². The van der Waals surface area contributed by atoms with E-state index in [0.29, 0.717) is 30.2 Å². The number of carbonyl (C=O) groups excluding carboxylic acids is 1. The molecular formula is C36H47ClN8O2. The van der Waals surface area contributed by atoms with E-state index in [1.807, 2.05) is 23.0 Å². The van der Waals surface area contributed by atoms with Crippen LogP contribution < -0.4 is 21.3 Å². The van der Waals surface area contributed by atoms with Crippen molar-refractivity contribution in [2.75, 3.05) is 38.2 Å². The second-order valence-electron chi connectivity index (χ2n) is 12.6. The van der Waals surface area contributed by atoms with Crippen LogP contribution in [0, 0.1) is 0 Å². The molecule has 0 saturated carbocycles. The number of piperazine rings is 1. The summed E-state index contributed by atoms with van der Waals surface area (Å²) in [6.45, 7) is 13.4. The van der Waals surface area contributed by atoms with E-state index in [2.05, 4.69) is 82.4 Å². The van der Waals surface area contributed by atoms with Gasteiger partial charge in [0.05, 0.1) is 17.3 Å². The van der Waals surface area contributed by atoms with E-state index in [1.54, 1.807) is 0 Å². The average Bonchev–Trinajstić information content (AvgIpc) is 3.51. The molecular weight excluding hydrogens is 612 g/mol. The Hall–Kier alpha value is -3.70. The van der Waals surface area contributed by atoms with Gasteiger partial charge in [-0.3, -0.25) is 4.90 Å². The molecule has 6 rings (SSSR count). The van der Waals surface area contributed by atoms with Crippen LogP contribution >= 0.6 is 11.6 Å². The molecule has 10 nitrogen and oxygen atoms in total. The highest BCUT2D eigenvalue weighted by atomic mass is 35.5. The zero-order valence-corrected chi connectivity index (χ0v) is 28.5. The lowest BCUT2D eigenvalue weighted by Crippen LogP contribution is -2.49. The molecule has 2 amide bonds. The second-order valence-corrected chi connectivity index (χ2v) is 13.0. The van der Waals surface area contributed by atoms with Crippen molar-refractivity contribution in [3.8, 4) is 11.1 Å². The maximum atomic E-state index is 13.2. The molecule has 11 heteroatoms. The first-order valence-electron chi connectivity index (χ1n) is 17.0. The number of hydrogen-bond acceptors (Lipinski definition) is 7. The van der Waals surface area contributed by atoms with E-state index in [1.165, 1.54) is 5.56 Å². The maximum absolute atomic E-state index is 13.2. The molecule has 2 aromatic carbocycles. The predicted molar refractivity (Wildman–Crippen MR) is 189 cm³/mol. The Morgan fingerprint density at radius 1 is 1.09 bits per heavy atom. The third-order valence-electron chi connectivity index (χ3n) is 9.35. The van der Waals surface area contributed by atoms with Crippen LogP contribution in [0.15, 0.2) is 48.7 Å². The molecule has 0 spiro atoms. The van der Waals surface area contributed by atoms with Crippen molar-refractivity contribution in [2.24, 2.45) is 0 Å². The van der Waals surface area contributed by atoms with Crippen LogP contribution in [0.25, 0.3) is 22.2 Å². The third-order valence-corrected chi connectivity index (χ3v) is 9.68. The Bertz CT molecular complexity index is 1690.